The number of hydrogen-bond donors (Lipinski definition) is 1. The van der Waals surface area contributed by atoms with E-state index in [9.17, 15) is 0 Å². The van der Waals surface area contributed by atoms with Crippen molar-refractivity contribution < 1.29 is 14.2 Å². The zero-order valence-electron chi connectivity index (χ0n) is 11.5. The monoisotopic (exact) mass is 267 g/mol. The Bertz CT molecular complexity index is 395. The van der Waals surface area contributed by atoms with Crippen LogP contribution in [0.1, 0.15) is 26.2 Å². The lowest BCUT2D eigenvalue weighted by molar-refractivity contribution is 0.0652. The second-order valence-electron chi connectivity index (χ2n) is 4.43. The van der Waals surface area contributed by atoms with Gasteiger partial charge in [-0.3, -0.25) is 0 Å². The number of rotatable bonds is 7. The van der Waals surface area contributed by atoms with Crippen LogP contribution in [0.15, 0.2) is 6.33 Å². The number of nitrogens with one attached hydrogen (secondary N) is 1. The highest BCUT2D eigenvalue weighted by Gasteiger charge is 2.19. The van der Waals surface area contributed by atoms with Crippen LogP contribution in [-0.2, 0) is 4.74 Å². The van der Waals surface area contributed by atoms with Crippen LogP contribution in [-0.4, -0.2) is 42.9 Å². The minimum Gasteiger partial charge on any atom is -0.489 e. The molecular weight excluding hydrogens is 246 g/mol. The van der Waals surface area contributed by atoms with Gasteiger partial charge in [0.25, 0.3) is 5.88 Å². The van der Waals surface area contributed by atoms with Crippen molar-refractivity contribution in [3.05, 3.63) is 6.33 Å². The summed E-state index contributed by atoms with van der Waals surface area (Å²) in [5.41, 5.74) is 0. The molecule has 0 bridgehead atoms. The first-order valence-electron chi connectivity index (χ1n) is 6.72. The van der Waals surface area contributed by atoms with Crippen molar-refractivity contribution in [2.75, 3.05) is 32.2 Å². The lowest BCUT2D eigenvalue weighted by atomic mass is 10.2. The van der Waals surface area contributed by atoms with Crippen molar-refractivity contribution in [2.24, 2.45) is 0 Å². The van der Waals surface area contributed by atoms with Gasteiger partial charge in [-0.2, -0.15) is 4.98 Å². The third-order valence-corrected chi connectivity index (χ3v) is 2.95. The van der Waals surface area contributed by atoms with E-state index >= 15 is 0 Å². The number of aromatic nitrogens is 2. The van der Waals surface area contributed by atoms with Gasteiger partial charge in [-0.1, -0.05) is 6.92 Å². The highest BCUT2D eigenvalue weighted by atomic mass is 16.6. The maximum atomic E-state index is 5.69. The largest absolute Gasteiger partial charge is 0.489 e. The summed E-state index contributed by atoms with van der Waals surface area (Å²) in [6.07, 6.45) is 4.78. The van der Waals surface area contributed by atoms with Gasteiger partial charge in [0.1, 0.15) is 12.9 Å². The highest BCUT2D eigenvalue weighted by molar-refractivity contribution is 5.54. The second kappa shape index (κ2) is 7.13. The van der Waals surface area contributed by atoms with Gasteiger partial charge in [0.2, 0.25) is 5.75 Å². The molecule has 19 heavy (non-hydrogen) atoms. The normalized spacial score (nSPS) is 18.3. The van der Waals surface area contributed by atoms with E-state index < -0.39 is 0 Å². The standard InChI is InChI=1S/C13H21N3O3/c1-3-6-14-12-11(17-2)13(16-9-15-12)19-8-10-5-4-7-18-10/h9-10H,3-8H2,1-2H3,(H,14,15,16). The zero-order chi connectivity index (χ0) is 13.5. The van der Waals surface area contributed by atoms with E-state index in [2.05, 4.69) is 22.2 Å². The Morgan fingerprint density at radius 2 is 2.37 bits per heavy atom. The Balaban J connectivity index is 2.01. The first-order valence-corrected chi connectivity index (χ1v) is 6.72. The molecule has 1 unspecified atom stereocenters. The average Bonchev–Trinajstić information content (AvgIpc) is 2.96. The summed E-state index contributed by atoms with van der Waals surface area (Å²) in [5.74, 6) is 1.68. The topological polar surface area (TPSA) is 65.5 Å². The summed E-state index contributed by atoms with van der Waals surface area (Å²) in [6.45, 7) is 4.24. The van der Waals surface area contributed by atoms with E-state index in [1.54, 1.807) is 7.11 Å². The van der Waals surface area contributed by atoms with Crippen molar-refractivity contribution in [2.45, 2.75) is 32.3 Å². The van der Waals surface area contributed by atoms with Crippen molar-refractivity contribution in [1.82, 2.24) is 9.97 Å². The molecule has 0 aliphatic carbocycles. The summed E-state index contributed by atoms with van der Waals surface area (Å²) < 4.78 is 16.5. The Morgan fingerprint density at radius 3 is 3.05 bits per heavy atom. The number of methoxy groups -OCH3 is 1. The highest BCUT2D eigenvalue weighted by Crippen LogP contribution is 2.31. The molecule has 1 aromatic heterocycles. The summed E-state index contributed by atoms with van der Waals surface area (Å²) in [5, 5.41) is 3.19. The lowest BCUT2D eigenvalue weighted by Crippen LogP contribution is -2.17. The molecule has 0 saturated carbocycles. The van der Waals surface area contributed by atoms with Gasteiger partial charge in [0, 0.05) is 13.2 Å². The molecule has 0 spiro atoms. The number of nitrogens with zero attached hydrogens (tertiary/aromatic N) is 2. The van der Waals surface area contributed by atoms with Crippen molar-refractivity contribution >= 4 is 5.82 Å². The molecule has 0 radical (unpaired) electrons. The molecular formula is C13H21N3O3. The molecule has 106 valence electrons. The predicted molar refractivity (Wildman–Crippen MR) is 71.8 cm³/mol. The van der Waals surface area contributed by atoms with Crippen LogP contribution in [0.2, 0.25) is 0 Å². The molecule has 1 atom stereocenters. The fraction of sp³-hybridized carbons (Fsp3) is 0.692. The first kappa shape index (κ1) is 13.9. The van der Waals surface area contributed by atoms with Crippen LogP contribution in [0.3, 0.4) is 0 Å². The zero-order valence-corrected chi connectivity index (χ0v) is 11.5. The van der Waals surface area contributed by atoms with E-state index in [1.807, 2.05) is 0 Å². The quantitative estimate of drug-likeness (QED) is 0.813. The van der Waals surface area contributed by atoms with Crippen LogP contribution in [0.25, 0.3) is 0 Å². The van der Waals surface area contributed by atoms with Crippen LogP contribution in [0.5, 0.6) is 11.6 Å². The first-order chi connectivity index (χ1) is 9.35. The maximum absolute atomic E-state index is 5.69. The molecule has 6 heteroatoms. The molecule has 0 aromatic carbocycles. The SMILES string of the molecule is CCCNc1ncnc(OCC2CCCO2)c1OC. The minimum atomic E-state index is 0.159. The van der Waals surface area contributed by atoms with Crippen molar-refractivity contribution in [3.8, 4) is 11.6 Å². The number of anilines is 1. The fourth-order valence-corrected chi connectivity index (χ4v) is 1.96. The number of hydrogen-bond acceptors (Lipinski definition) is 6. The summed E-state index contributed by atoms with van der Waals surface area (Å²) in [7, 11) is 1.59. The molecule has 2 heterocycles. The predicted octanol–water partition coefficient (Wildman–Crippen LogP) is 1.86. The van der Waals surface area contributed by atoms with Crippen LogP contribution in [0.4, 0.5) is 5.82 Å². The molecule has 1 fully saturated rings. The molecule has 1 N–H and O–H groups in total. The molecule has 0 amide bonds. The van der Waals surface area contributed by atoms with Gasteiger partial charge >= 0.3 is 0 Å². The van der Waals surface area contributed by atoms with Gasteiger partial charge in [-0.05, 0) is 19.3 Å². The average molecular weight is 267 g/mol. The molecule has 1 saturated heterocycles. The van der Waals surface area contributed by atoms with Gasteiger partial charge in [0.15, 0.2) is 5.82 Å². The van der Waals surface area contributed by atoms with Crippen LogP contribution < -0.4 is 14.8 Å². The van der Waals surface area contributed by atoms with Gasteiger partial charge in [-0.25, -0.2) is 4.98 Å². The van der Waals surface area contributed by atoms with E-state index in [4.69, 9.17) is 14.2 Å². The van der Waals surface area contributed by atoms with E-state index in [-0.39, 0.29) is 6.10 Å². The summed E-state index contributed by atoms with van der Waals surface area (Å²) in [6, 6.07) is 0. The van der Waals surface area contributed by atoms with Gasteiger partial charge in [0.05, 0.1) is 13.2 Å². The Labute approximate surface area is 113 Å². The van der Waals surface area contributed by atoms with E-state index in [0.29, 0.717) is 24.1 Å². The van der Waals surface area contributed by atoms with Crippen molar-refractivity contribution in [1.29, 1.82) is 0 Å². The molecule has 2 rings (SSSR count). The van der Waals surface area contributed by atoms with E-state index in [0.717, 1.165) is 32.4 Å². The number of ether oxygens (including phenoxy) is 3. The molecule has 1 aliphatic rings. The Morgan fingerprint density at radius 1 is 1.47 bits per heavy atom. The summed E-state index contributed by atoms with van der Waals surface area (Å²) >= 11 is 0. The Kier molecular flexibility index (Phi) is 5.20. The third kappa shape index (κ3) is 3.70. The second-order valence-corrected chi connectivity index (χ2v) is 4.43. The summed E-state index contributed by atoms with van der Waals surface area (Å²) in [4.78, 5) is 8.29. The third-order valence-electron chi connectivity index (χ3n) is 2.95. The minimum absolute atomic E-state index is 0.159. The Hall–Kier alpha value is -1.56. The smallest absolute Gasteiger partial charge is 0.262 e. The molecule has 1 aliphatic heterocycles. The molecule has 1 aromatic rings. The van der Waals surface area contributed by atoms with Crippen LogP contribution >= 0.6 is 0 Å². The van der Waals surface area contributed by atoms with Gasteiger partial charge < -0.3 is 19.5 Å². The van der Waals surface area contributed by atoms with Crippen molar-refractivity contribution in [3.63, 3.8) is 0 Å². The van der Waals surface area contributed by atoms with Gasteiger partial charge in [-0.15, -0.1) is 0 Å². The molecule has 6 nitrogen and oxygen atoms in total. The van der Waals surface area contributed by atoms with Crippen LogP contribution in [0, 0.1) is 0 Å². The lowest BCUT2D eigenvalue weighted by Gasteiger charge is -2.15. The maximum Gasteiger partial charge on any atom is 0.262 e. The fourth-order valence-electron chi connectivity index (χ4n) is 1.96. The van der Waals surface area contributed by atoms with E-state index in [1.165, 1.54) is 6.33 Å².